The molecule has 2 rings (SSSR count). The zero-order valence-corrected chi connectivity index (χ0v) is 14.4. The van der Waals surface area contributed by atoms with Crippen LogP contribution in [0.3, 0.4) is 0 Å². The first-order chi connectivity index (χ1) is 12.6. The number of esters is 1. The van der Waals surface area contributed by atoms with Crippen LogP contribution in [0.2, 0.25) is 0 Å². The number of hydrogen-bond acceptors (Lipinski definition) is 5. The normalized spacial score (nSPS) is 10.5. The molecule has 0 fully saturated rings. The second-order valence-electron chi connectivity index (χ2n) is 5.24. The van der Waals surface area contributed by atoms with Crippen molar-refractivity contribution in [2.45, 2.75) is 13.3 Å². The van der Waals surface area contributed by atoms with Crippen molar-refractivity contribution in [3.8, 4) is 0 Å². The Morgan fingerprint density at radius 2 is 1.92 bits per heavy atom. The van der Waals surface area contributed by atoms with E-state index in [4.69, 9.17) is 9.15 Å². The molecule has 7 heteroatoms. The molecule has 0 aliphatic carbocycles. The SMILES string of the molecule is CCOC(=O)/C=C/c1ccc(NC(=O)CCNC(=O)c2ccco2)cc1. The number of ether oxygens (including phenoxy) is 1. The summed E-state index contributed by atoms with van der Waals surface area (Å²) in [7, 11) is 0. The molecule has 0 saturated heterocycles. The van der Waals surface area contributed by atoms with Crippen LogP contribution in [0.4, 0.5) is 5.69 Å². The lowest BCUT2D eigenvalue weighted by Gasteiger charge is -2.06. The summed E-state index contributed by atoms with van der Waals surface area (Å²) in [5, 5.41) is 5.34. The fraction of sp³-hybridized carbons (Fsp3) is 0.211. The highest BCUT2D eigenvalue weighted by molar-refractivity contribution is 5.93. The number of benzene rings is 1. The zero-order chi connectivity index (χ0) is 18.8. The van der Waals surface area contributed by atoms with Crippen molar-refractivity contribution in [1.29, 1.82) is 0 Å². The Balaban J connectivity index is 1.75. The lowest BCUT2D eigenvalue weighted by Crippen LogP contribution is -2.27. The molecule has 26 heavy (non-hydrogen) atoms. The van der Waals surface area contributed by atoms with Crippen LogP contribution in [0.5, 0.6) is 0 Å². The van der Waals surface area contributed by atoms with E-state index in [1.165, 1.54) is 12.3 Å². The highest BCUT2D eigenvalue weighted by Gasteiger charge is 2.08. The van der Waals surface area contributed by atoms with Gasteiger partial charge in [-0.3, -0.25) is 9.59 Å². The molecule has 0 aliphatic heterocycles. The molecular formula is C19H20N2O5. The van der Waals surface area contributed by atoms with Crippen LogP contribution in [0.15, 0.2) is 53.2 Å². The van der Waals surface area contributed by atoms with Crippen LogP contribution in [-0.4, -0.2) is 30.9 Å². The minimum Gasteiger partial charge on any atom is -0.463 e. The first-order valence-electron chi connectivity index (χ1n) is 8.15. The van der Waals surface area contributed by atoms with Gasteiger partial charge in [0.2, 0.25) is 5.91 Å². The Labute approximate surface area is 151 Å². The summed E-state index contributed by atoms with van der Waals surface area (Å²) in [6, 6.07) is 10.2. The van der Waals surface area contributed by atoms with Gasteiger partial charge in [-0.2, -0.15) is 0 Å². The van der Waals surface area contributed by atoms with Crippen LogP contribution in [-0.2, 0) is 14.3 Å². The molecule has 0 bridgehead atoms. The molecule has 1 aromatic heterocycles. The summed E-state index contributed by atoms with van der Waals surface area (Å²) < 4.78 is 9.76. The van der Waals surface area contributed by atoms with E-state index in [0.717, 1.165) is 5.56 Å². The van der Waals surface area contributed by atoms with Crippen LogP contribution >= 0.6 is 0 Å². The fourth-order valence-electron chi connectivity index (χ4n) is 2.04. The third kappa shape index (κ3) is 6.27. The van der Waals surface area contributed by atoms with Crippen LogP contribution in [0, 0.1) is 0 Å². The molecule has 136 valence electrons. The van der Waals surface area contributed by atoms with Gasteiger partial charge in [0, 0.05) is 24.7 Å². The van der Waals surface area contributed by atoms with Gasteiger partial charge in [-0.05, 0) is 42.8 Å². The van der Waals surface area contributed by atoms with E-state index in [-0.39, 0.29) is 30.5 Å². The standard InChI is InChI=1S/C19H20N2O5/c1-2-25-18(23)10-7-14-5-8-15(9-6-14)21-17(22)11-12-20-19(24)16-4-3-13-26-16/h3-10,13H,2,11-12H2,1H3,(H,20,24)(H,21,22)/b10-7+. The van der Waals surface area contributed by atoms with Crippen molar-refractivity contribution in [2.75, 3.05) is 18.5 Å². The first-order valence-corrected chi connectivity index (χ1v) is 8.15. The van der Waals surface area contributed by atoms with Crippen molar-refractivity contribution >= 4 is 29.5 Å². The maximum atomic E-state index is 11.9. The Morgan fingerprint density at radius 1 is 1.15 bits per heavy atom. The summed E-state index contributed by atoms with van der Waals surface area (Å²) in [6.45, 7) is 2.27. The third-order valence-electron chi connectivity index (χ3n) is 3.28. The summed E-state index contributed by atoms with van der Waals surface area (Å²) in [6.07, 6.45) is 4.52. The number of rotatable bonds is 8. The lowest BCUT2D eigenvalue weighted by atomic mass is 10.2. The predicted octanol–water partition coefficient (Wildman–Crippen LogP) is 2.61. The number of furan rings is 1. The lowest BCUT2D eigenvalue weighted by molar-refractivity contribution is -0.137. The maximum absolute atomic E-state index is 11.9. The van der Waals surface area contributed by atoms with Crippen molar-refractivity contribution in [1.82, 2.24) is 5.32 Å². The highest BCUT2D eigenvalue weighted by atomic mass is 16.5. The highest BCUT2D eigenvalue weighted by Crippen LogP contribution is 2.11. The number of nitrogens with one attached hydrogen (secondary N) is 2. The number of carbonyl (C=O) groups excluding carboxylic acids is 3. The molecule has 2 amide bonds. The average molecular weight is 356 g/mol. The van der Waals surface area contributed by atoms with Crippen LogP contribution in [0.1, 0.15) is 29.5 Å². The topological polar surface area (TPSA) is 97.6 Å². The number of carbonyl (C=O) groups is 3. The van der Waals surface area contributed by atoms with E-state index < -0.39 is 5.97 Å². The Kier molecular flexibility index (Phi) is 7.17. The van der Waals surface area contributed by atoms with Gasteiger partial charge >= 0.3 is 5.97 Å². The predicted molar refractivity (Wildman–Crippen MR) is 96.4 cm³/mol. The Hall–Kier alpha value is -3.35. The quantitative estimate of drug-likeness (QED) is 0.560. The van der Waals surface area contributed by atoms with E-state index in [9.17, 15) is 14.4 Å². The molecule has 1 heterocycles. The molecule has 1 aromatic carbocycles. The van der Waals surface area contributed by atoms with Crippen LogP contribution < -0.4 is 10.6 Å². The zero-order valence-electron chi connectivity index (χ0n) is 14.4. The maximum Gasteiger partial charge on any atom is 0.330 e. The molecule has 7 nitrogen and oxygen atoms in total. The van der Waals surface area contributed by atoms with Crippen molar-refractivity contribution in [2.24, 2.45) is 0 Å². The first kappa shape index (κ1) is 19.0. The molecule has 0 radical (unpaired) electrons. The van der Waals surface area contributed by atoms with Crippen molar-refractivity contribution in [3.63, 3.8) is 0 Å². The minimum atomic E-state index is -0.401. The van der Waals surface area contributed by atoms with E-state index in [1.54, 1.807) is 49.4 Å². The number of hydrogen-bond donors (Lipinski definition) is 2. The monoisotopic (exact) mass is 356 g/mol. The van der Waals surface area contributed by atoms with Gasteiger partial charge in [-0.25, -0.2) is 4.79 Å². The summed E-state index contributed by atoms with van der Waals surface area (Å²) in [5.74, 6) is -0.779. The molecule has 2 N–H and O–H groups in total. The van der Waals surface area contributed by atoms with Gasteiger partial charge in [0.05, 0.1) is 12.9 Å². The number of amides is 2. The van der Waals surface area contributed by atoms with Gasteiger partial charge in [0.1, 0.15) is 0 Å². The van der Waals surface area contributed by atoms with Gasteiger partial charge in [0.25, 0.3) is 5.91 Å². The molecule has 0 spiro atoms. The molecule has 0 unspecified atom stereocenters. The third-order valence-corrected chi connectivity index (χ3v) is 3.28. The Morgan fingerprint density at radius 3 is 2.58 bits per heavy atom. The van der Waals surface area contributed by atoms with E-state index in [1.807, 2.05) is 0 Å². The Bertz CT molecular complexity index is 764. The number of anilines is 1. The van der Waals surface area contributed by atoms with Gasteiger partial charge in [-0.15, -0.1) is 0 Å². The summed E-state index contributed by atoms with van der Waals surface area (Å²) >= 11 is 0. The van der Waals surface area contributed by atoms with Gasteiger partial charge < -0.3 is 19.8 Å². The second-order valence-corrected chi connectivity index (χ2v) is 5.24. The largest absolute Gasteiger partial charge is 0.463 e. The average Bonchev–Trinajstić information content (AvgIpc) is 3.16. The molecular weight excluding hydrogens is 336 g/mol. The van der Waals surface area contributed by atoms with E-state index in [2.05, 4.69) is 10.6 Å². The smallest absolute Gasteiger partial charge is 0.330 e. The minimum absolute atomic E-state index is 0.136. The van der Waals surface area contributed by atoms with Crippen molar-refractivity contribution < 1.29 is 23.5 Å². The van der Waals surface area contributed by atoms with Crippen LogP contribution in [0.25, 0.3) is 6.08 Å². The van der Waals surface area contributed by atoms with Gasteiger partial charge in [0.15, 0.2) is 5.76 Å². The van der Waals surface area contributed by atoms with Gasteiger partial charge in [-0.1, -0.05) is 12.1 Å². The van der Waals surface area contributed by atoms with E-state index >= 15 is 0 Å². The second kappa shape index (κ2) is 9.83. The van der Waals surface area contributed by atoms with E-state index in [0.29, 0.717) is 12.3 Å². The van der Waals surface area contributed by atoms with Crippen molar-refractivity contribution in [3.05, 3.63) is 60.1 Å². The summed E-state index contributed by atoms with van der Waals surface area (Å²) in [4.78, 5) is 34.8. The summed E-state index contributed by atoms with van der Waals surface area (Å²) in [5.41, 5.74) is 1.43. The molecule has 2 aromatic rings. The fourth-order valence-corrected chi connectivity index (χ4v) is 2.04. The molecule has 0 aliphatic rings. The molecule has 0 saturated carbocycles. The molecule has 0 atom stereocenters.